The van der Waals surface area contributed by atoms with E-state index in [4.69, 9.17) is 0 Å². The molecule has 1 aliphatic rings. The fourth-order valence-corrected chi connectivity index (χ4v) is 4.16. The van der Waals surface area contributed by atoms with E-state index in [1.807, 2.05) is 88.5 Å². The number of nitrogens with zero attached hydrogens (tertiary/aromatic N) is 14. The van der Waals surface area contributed by atoms with Crippen molar-refractivity contribution in [3.63, 3.8) is 0 Å². The fourth-order valence-electron chi connectivity index (χ4n) is 3.34. The number of hydrogen-bond acceptors (Lipinski definition) is 13. The Morgan fingerprint density at radius 2 is 1.39 bits per heavy atom. The van der Waals surface area contributed by atoms with Crippen LogP contribution >= 0.6 is 11.3 Å². The summed E-state index contributed by atoms with van der Waals surface area (Å²) in [5.41, 5.74) is 6.64. The van der Waals surface area contributed by atoms with Crippen molar-refractivity contribution in [3.8, 4) is 0 Å². The first-order valence-electron chi connectivity index (χ1n) is 14.8. The van der Waals surface area contributed by atoms with E-state index in [2.05, 4.69) is 76.5 Å². The van der Waals surface area contributed by atoms with Gasteiger partial charge in [0.25, 0.3) is 0 Å². The molecule has 6 rings (SSSR count). The van der Waals surface area contributed by atoms with Gasteiger partial charge in [-0.2, -0.15) is 10.2 Å². The molecule has 1 atom stereocenters. The van der Waals surface area contributed by atoms with Crippen LogP contribution in [0.25, 0.3) is 0 Å². The molecule has 5 aromatic heterocycles. The van der Waals surface area contributed by atoms with Crippen molar-refractivity contribution >= 4 is 17.0 Å². The Balaban J connectivity index is 0.000000276. The molecule has 0 aromatic carbocycles. The Hall–Kier alpha value is -4.34. The summed E-state index contributed by atoms with van der Waals surface area (Å²) in [5.74, 6) is 2.63. The van der Waals surface area contributed by atoms with E-state index in [1.165, 1.54) is 21.3 Å². The first kappa shape index (κ1) is 39.7. The van der Waals surface area contributed by atoms with Crippen molar-refractivity contribution in [1.82, 2.24) is 65.1 Å². The zero-order valence-electron chi connectivity index (χ0n) is 30.4. The first-order valence-corrected chi connectivity index (χ1v) is 15.7. The predicted octanol–water partition coefficient (Wildman–Crippen LogP) is 4.83. The van der Waals surface area contributed by atoms with E-state index in [9.17, 15) is 0 Å². The number of aryl methyl sites for hydroxylation is 12. The van der Waals surface area contributed by atoms with E-state index < -0.39 is 0 Å². The van der Waals surface area contributed by atoms with Crippen molar-refractivity contribution in [2.75, 3.05) is 7.05 Å². The summed E-state index contributed by atoms with van der Waals surface area (Å²) < 4.78 is 9.72. The molecule has 15 nitrogen and oxygen atoms in total. The highest BCUT2D eigenvalue weighted by molar-refractivity contribution is 7.11. The second-order valence-corrected chi connectivity index (χ2v) is 12.4. The summed E-state index contributed by atoms with van der Waals surface area (Å²) in [7, 11) is 7.58. The Morgan fingerprint density at radius 1 is 0.739 bits per heavy atom. The number of hydrogen-bond donors (Lipinski definition) is 0. The largest absolute Gasteiger partial charge is 0.364 e. The minimum Gasteiger partial charge on any atom is -0.364 e. The minimum atomic E-state index is 0.620. The van der Waals surface area contributed by atoms with E-state index in [0.29, 0.717) is 6.04 Å². The molecule has 46 heavy (non-hydrogen) atoms. The normalized spacial score (nSPS) is 13.0. The van der Waals surface area contributed by atoms with Gasteiger partial charge in [0, 0.05) is 56.8 Å². The molecule has 0 saturated carbocycles. The van der Waals surface area contributed by atoms with E-state index in [-0.39, 0.29) is 0 Å². The second-order valence-electron chi connectivity index (χ2n) is 11.0. The van der Waals surface area contributed by atoms with E-state index in [1.54, 1.807) is 38.7 Å². The van der Waals surface area contributed by atoms with Gasteiger partial charge in [-0.1, -0.05) is 10.4 Å². The maximum atomic E-state index is 4.59. The van der Waals surface area contributed by atoms with Gasteiger partial charge >= 0.3 is 0 Å². The third kappa shape index (κ3) is 14.2. The lowest BCUT2D eigenvalue weighted by atomic mass is 10.2. The number of hydrazone groups is 1. The van der Waals surface area contributed by atoms with Gasteiger partial charge in [0.05, 0.1) is 27.8 Å². The first-order chi connectivity index (χ1) is 21.4. The van der Waals surface area contributed by atoms with Crippen LogP contribution in [0.1, 0.15) is 76.0 Å². The molecular weight excluding hydrogens is 604 g/mol. The molecule has 6 heterocycles. The van der Waals surface area contributed by atoms with Gasteiger partial charge in [0.15, 0.2) is 0 Å². The number of tetrazole rings is 1. The maximum absolute atomic E-state index is 4.59. The van der Waals surface area contributed by atoms with Crippen LogP contribution in [0.4, 0.5) is 0 Å². The topological polar surface area (TPSA) is 160 Å². The molecule has 0 spiro atoms. The Labute approximate surface area is 277 Å². The molecule has 0 bridgehead atoms. The molecule has 1 unspecified atom stereocenters. The zero-order chi connectivity index (χ0) is 35.1. The Kier molecular flexibility index (Phi) is 16.6. The van der Waals surface area contributed by atoms with Crippen LogP contribution in [0.15, 0.2) is 15.9 Å². The van der Waals surface area contributed by atoms with Gasteiger partial charge in [0.1, 0.15) is 23.7 Å². The van der Waals surface area contributed by atoms with Crippen molar-refractivity contribution in [2.24, 2.45) is 26.2 Å². The summed E-state index contributed by atoms with van der Waals surface area (Å²) in [5, 5.41) is 33.2. The van der Waals surface area contributed by atoms with Crippen LogP contribution in [0.5, 0.6) is 0 Å². The monoisotopic (exact) mass is 656 g/mol. The molecule has 0 fully saturated rings. The van der Waals surface area contributed by atoms with Gasteiger partial charge in [-0.15, -0.1) is 21.5 Å². The maximum Gasteiger partial charge on any atom is 0.147 e. The second kappa shape index (κ2) is 19.2. The molecule has 0 aliphatic carbocycles. The van der Waals surface area contributed by atoms with Crippen LogP contribution in [0, 0.1) is 69.2 Å². The average molecular weight is 657 g/mol. The molecule has 5 aromatic rings. The fraction of sp³-hybridized carbons (Fsp3) is 0.600. The molecule has 1 aliphatic heterocycles. The highest BCUT2D eigenvalue weighted by atomic mass is 32.1. The van der Waals surface area contributed by atoms with Crippen molar-refractivity contribution in [1.29, 1.82) is 0 Å². The van der Waals surface area contributed by atoms with Gasteiger partial charge in [-0.05, 0) is 93.5 Å². The molecule has 0 saturated heterocycles. The lowest BCUT2D eigenvalue weighted by molar-refractivity contribution is 0.303. The minimum absolute atomic E-state index is 0.620. The predicted molar refractivity (Wildman–Crippen MR) is 182 cm³/mol. The van der Waals surface area contributed by atoms with Gasteiger partial charge in [-0.3, -0.25) is 14.4 Å². The Morgan fingerprint density at radius 3 is 1.52 bits per heavy atom. The summed E-state index contributed by atoms with van der Waals surface area (Å²) in [6.07, 6.45) is 2.77. The molecule has 16 heteroatoms. The number of aromatic nitrogens is 12. The summed E-state index contributed by atoms with van der Waals surface area (Å²) in [6.45, 7) is 23.9. The third-order valence-corrected chi connectivity index (χ3v) is 7.93. The van der Waals surface area contributed by atoms with Gasteiger partial charge in [0.2, 0.25) is 0 Å². The van der Waals surface area contributed by atoms with Crippen LogP contribution in [-0.2, 0) is 21.1 Å². The highest BCUT2D eigenvalue weighted by Crippen LogP contribution is 2.14. The lowest BCUT2D eigenvalue weighted by Gasteiger charge is -2.11. The molecule has 0 amide bonds. The smallest absolute Gasteiger partial charge is 0.147 e. The van der Waals surface area contributed by atoms with Gasteiger partial charge in [-0.25, -0.2) is 14.6 Å². The van der Waals surface area contributed by atoms with Crippen LogP contribution in [0.3, 0.4) is 0 Å². The standard InChI is InChI=1S/C6H12N2.C6H9NS.2C5H9N3.C5H7NO.C3H6N4/c1-5-4-6(2)8(3)7-5;1-4-5(2)8-6(3)7-4;1-4-6-5(2)8(3)7-4;1-4-5(2)8(3)7-6-4;1-4-3-7-6-5(4)2;1-3-4-5-6-7(3)2/h6H,4H2,1-3H3;3*1-3H3;3H,1-2H3;1-2H3. The van der Waals surface area contributed by atoms with Crippen LogP contribution in [-0.4, -0.2) is 83.9 Å². The Bertz CT molecular complexity index is 1450. The summed E-state index contributed by atoms with van der Waals surface area (Å²) in [4.78, 5) is 9.63. The van der Waals surface area contributed by atoms with Gasteiger partial charge < -0.3 is 4.52 Å². The van der Waals surface area contributed by atoms with Crippen molar-refractivity contribution in [2.45, 2.75) is 95.5 Å². The van der Waals surface area contributed by atoms with Crippen LogP contribution in [0.2, 0.25) is 0 Å². The molecular formula is C30H52N14OS. The highest BCUT2D eigenvalue weighted by Gasteiger charge is 2.14. The lowest BCUT2D eigenvalue weighted by Crippen LogP contribution is -2.17. The van der Waals surface area contributed by atoms with E-state index in [0.717, 1.165) is 46.5 Å². The molecule has 0 N–H and O–H groups in total. The SMILES string of the molecule is CC1=NN(C)C(C)C1.Cc1conc1C.Cc1nc(C)c(C)s1.Cc1nc(C)n(C)n1.Cc1nnn(C)c1C.Cc1nnnn1C. The third-order valence-electron chi connectivity index (χ3n) is 6.94. The summed E-state index contributed by atoms with van der Waals surface area (Å²) >= 11 is 1.76. The quantitative estimate of drug-likeness (QED) is 0.225. The number of rotatable bonds is 0. The molecule has 0 radical (unpaired) electrons. The van der Waals surface area contributed by atoms with Crippen LogP contribution < -0.4 is 0 Å². The van der Waals surface area contributed by atoms with E-state index >= 15 is 0 Å². The zero-order valence-corrected chi connectivity index (χ0v) is 31.3. The summed E-state index contributed by atoms with van der Waals surface area (Å²) in [6, 6.07) is 0.620. The number of thiazole rings is 1. The average Bonchev–Trinajstić information content (AvgIpc) is 3.81. The van der Waals surface area contributed by atoms with Crippen molar-refractivity contribution in [3.05, 3.63) is 62.0 Å². The molecule has 254 valence electrons. The van der Waals surface area contributed by atoms with Crippen molar-refractivity contribution < 1.29 is 4.52 Å².